The Bertz CT molecular complexity index is 432. The van der Waals surface area contributed by atoms with E-state index in [1.54, 1.807) is 0 Å². The normalized spacial score (nSPS) is 14.8. The lowest BCUT2D eigenvalue weighted by molar-refractivity contribution is 0.225. The molecule has 5 heteroatoms. The summed E-state index contributed by atoms with van der Waals surface area (Å²) in [6, 6.07) is 0.772. The summed E-state index contributed by atoms with van der Waals surface area (Å²) in [5, 5.41) is 3.10. The van der Waals surface area contributed by atoms with Crippen LogP contribution in [-0.4, -0.2) is 48.2 Å². The van der Waals surface area contributed by atoms with Gasteiger partial charge in [-0.1, -0.05) is 6.92 Å². The monoisotopic (exact) mass is 264 g/mol. The second-order valence-electron chi connectivity index (χ2n) is 5.08. The minimum absolute atomic E-state index is 0.678. The molecule has 0 aliphatic heterocycles. The Morgan fingerprint density at radius 2 is 2.11 bits per heavy atom. The van der Waals surface area contributed by atoms with Crippen LogP contribution in [-0.2, 0) is 6.42 Å². The summed E-state index contributed by atoms with van der Waals surface area (Å²) in [5.41, 5.74) is 0.980. The average Bonchev–Trinajstić information content (AvgIpc) is 3.25. The van der Waals surface area contributed by atoms with Gasteiger partial charge in [-0.15, -0.1) is 0 Å². The standard InChI is InChI=1S/C14H24N4O/c1-5-12-16-13(15-3)10(2)14(17-12)19-9-8-18(4)11-6-7-11/h11H,5-9H2,1-4H3,(H,15,16,17). The highest BCUT2D eigenvalue weighted by atomic mass is 16.5. The highest BCUT2D eigenvalue weighted by Crippen LogP contribution is 2.25. The predicted octanol–water partition coefficient (Wildman–Crippen LogP) is 1.86. The molecular weight excluding hydrogens is 240 g/mol. The third-order valence-electron chi connectivity index (χ3n) is 3.55. The van der Waals surface area contributed by atoms with Gasteiger partial charge in [0.15, 0.2) is 0 Å². The van der Waals surface area contributed by atoms with Crippen molar-refractivity contribution in [3.05, 3.63) is 11.4 Å². The van der Waals surface area contributed by atoms with Gasteiger partial charge >= 0.3 is 0 Å². The van der Waals surface area contributed by atoms with Gasteiger partial charge in [-0.2, -0.15) is 4.98 Å². The van der Waals surface area contributed by atoms with Gasteiger partial charge in [0.2, 0.25) is 5.88 Å². The third-order valence-corrected chi connectivity index (χ3v) is 3.55. The van der Waals surface area contributed by atoms with Gasteiger partial charge in [-0.3, -0.25) is 0 Å². The van der Waals surface area contributed by atoms with Crippen molar-refractivity contribution in [3.63, 3.8) is 0 Å². The zero-order valence-electron chi connectivity index (χ0n) is 12.4. The molecule has 2 rings (SSSR count). The van der Waals surface area contributed by atoms with E-state index >= 15 is 0 Å². The van der Waals surface area contributed by atoms with E-state index < -0.39 is 0 Å². The zero-order chi connectivity index (χ0) is 13.8. The third kappa shape index (κ3) is 3.56. The number of anilines is 1. The summed E-state index contributed by atoms with van der Waals surface area (Å²) in [5.74, 6) is 2.39. The van der Waals surface area contributed by atoms with E-state index in [0.717, 1.165) is 36.2 Å². The Morgan fingerprint density at radius 3 is 2.68 bits per heavy atom. The van der Waals surface area contributed by atoms with Crippen molar-refractivity contribution in [3.8, 4) is 5.88 Å². The van der Waals surface area contributed by atoms with Crippen LogP contribution in [0.4, 0.5) is 5.82 Å². The molecule has 1 aromatic rings. The van der Waals surface area contributed by atoms with Gasteiger partial charge in [0, 0.05) is 26.1 Å². The smallest absolute Gasteiger partial charge is 0.221 e. The molecule has 1 aromatic heterocycles. The van der Waals surface area contributed by atoms with E-state index in [2.05, 4.69) is 34.2 Å². The molecule has 5 nitrogen and oxygen atoms in total. The minimum Gasteiger partial charge on any atom is -0.476 e. The molecule has 1 heterocycles. The molecule has 0 aromatic carbocycles. The van der Waals surface area contributed by atoms with Crippen LogP contribution < -0.4 is 10.1 Å². The second kappa shape index (κ2) is 6.19. The van der Waals surface area contributed by atoms with Gasteiger partial charge in [0.1, 0.15) is 18.2 Å². The van der Waals surface area contributed by atoms with Crippen LogP contribution in [0.15, 0.2) is 0 Å². The van der Waals surface area contributed by atoms with Crippen molar-refractivity contribution < 1.29 is 4.74 Å². The topological polar surface area (TPSA) is 50.3 Å². The second-order valence-corrected chi connectivity index (χ2v) is 5.08. The average molecular weight is 264 g/mol. The molecule has 0 saturated heterocycles. The molecule has 19 heavy (non-hydrogen) atoms. The van der Waals surface area contributed by atoms with Crippen LogP contribution in [0.1, 0.15) is 31.2 Å². The van der Waals surface area contributed by atoms with Crippen LogP contribution in [0.3, 0.4) is 0 Å². The van der Waals surface area contributed by atoms with Gasteiger partial charge in [0.25, 0.3) is 0 Å². The van der Waals surface area contributed by atoms with Gasteiger partial charge in [-0.25, -0.2) is 4.98 Å². The number of hydrogen-bond donors (Lipinski definition) is 1. The Labute approximate surface area is 115 Å². The van der Waals surface area contributed by atoms with Crippen molar-refractivity contribution >= 4 is 5.82 Å². The first-order chi connectivity index (χ1) is 9.15. The van der Waals surface area contributed by atoms with Gasteiger partial charge < -0.3 is 15.0 Å². The molecule has 1 aliphatic carbocycles. The SMILES string of the molecule is CCc1nc(NC)c(C)c(OCCN(C)C2CC2)n1. The molecule has 0 spiro atoms. The number of ether oxygens (including phenoxy) is 1. The Morgan fingerprint density at radius 1 is 1.37 bits per heavy atom. The fourth-order valence-corrected chi connectivity index (χ4v) is 2.07. The van der Waals surface area contributed by atoms with Crippen LogP contribution in [0.5, 0.6) is 5.88 Å². The summed E-state index contributed by atoms with van der Waals surface area (Å²) in [4.78, 5) is 11.3. The van der Waals surface area contributed by atoms with Crippen molar-refractivity contribution in [2.75, 3.05) is 32.6 Å². The Kier molecular flexibility index (Phi) is 4.58. The number of nitrogens with one attached hydrogen (secondary N) is 1. The quantitative estimate of drug-likeness (QED) is 0.814. The lowest BCUT2D eigenvalue weighted by atomic mass is 10.3. The highest BCUT2D eigenvalue weighted by molar-refractivity contribution is 5.48. The van der Waals surface area contributed by atoms with E-state index in [1.807, 2.05) is 14.0 Å². The van der Waals surface area contributed by atoms with Crippen LogP contribution >= 0.6 is 0 Å². The first-order valence-electron chi connectivity index (χ1n) is 7.04. The molecule has 1 fully saturated rings. The first-order valence-corrected chi connectivity index (χ1v) is 7.04. The molecule has 106 valence electrons. The van der Waals surface area contributed by atoms with Gasteiger partial charge in [0.05, 0.1) is 5.56 Å². The van der Waals surface area contributed by atoms with Crippen LogP contribution in [0.2, 0.25) is 0 Å². The maximum Gasteiger partial charge on any atom is 0.221 e. The lowest BCUT2D eigenvalue weighted by Crippen LogP contribution is -2.26. The van der Waals surface area contributed by atoms with Crippen LogP contribution in [0.25, 0.3) is 0 Å². The molecule has 0 radical (unpaired) electrons. The molecule has 0 amide bonds. The maximum atomic E-state index is 5.84. The van der Waals surface area contributed by atoms with Gasteiger partial charge in [-0.05, 0) is 26.8 Å². The van der Waals surface area contributed by atoms with E-state index in [1.165, 1.54) is 12.8 Å². The molecule has 1 N–H and O–H groups in total. The fourth-order valence-electron chi connectivity index (χ4n) is 2.07. The fraction of sp³-hybridized carbons (Fsp3) is 0.714. The molecule has 0 bridgehead atoms. The molecular formula is C14H24N4O. The summed E-state index contributed by atoms with van der Waals surface area (Å²) in [7, 11) is 4.03. The van der Waals surface area contributed by atoms with E-state index in [-0.39, 0.29) is 0 Å². The van der Waals surface area contributed by atoms with Crippen molar-refractivity contribution in [2.24, 2.45) is 0 Å². The van der Waals surface area contributed by atoms with Crippen molar-refractivity contribution in [1.82, 2.24) is 14.9 Å². The van der Waals surface area contributed by atoms with Crippen LogP contribution in [0, 0.1) is 6.92 Å². The summed E-state index contributed by atoms with van der Waals surface area (Å²) in [6.45, 7) is 5.67. The number of likely N-dealkylation sites (N-methyl/N-ethyl adjacent to an activating group) is 1. The van der Waals surface area contributed by atoms with Crippen molar-refractivity contribution in [1.29, 1.82) is 0 Å². The maximum absolute atomic E-state index is 5.84. The molecule has 1 aliphatic rings. The number of aryl methyl sites for hydroxylation is 1. The zero-order valence-corrected chi connectivity index (χ0v) is 12.4. The predicted molar refractivity (Wildman–Crippen MR) is 76.8 cm³/mol. The van der Waals surface area contributed by atoms with E-state index in [0.29, 0.717) is 12.5 Å². The first kappa shape index (κ1) is 14.1. The minimum atomic E-state index is 0.678. The Balaban J connectivity index is 1.97. The number of nitrogens with zero attached hydrogens (tertiary/aromatic N) is 3. The summed E-state index contributed by atoms with van der Waals surface area (Å²) >= 11 is 0. The number of hydrogen-bond acceptors (Lipinski definition) is 5. The molecule has 0 unspecified atom stereocenters. The number of aromatic nitrogens is 2. The highest BCUT2D eigenvalue weighted by Gasteiger charge is 2.25. The molecule has 1 saturated carbocycles. The van der Waals surface area contributed by atoms with E-state index in [9.17, 15) is 0 Å². The largest absolute Gasteiger partial charge is 0.476 e. The Hall–Kier alpha value is -1.36. The van der Waals surface area contributed by atoms with Crippen molar-refractivity contribution in [2.45, 2.75) is 39.2 Å². The number of rotatable bonds is 7. The van der Waals surface area contributed by atoms with E-state index in [4.69, 9.17) is 4.74 Å². The summed E-state index contributed by atoms with van der Waals surface area (Å²) in [6.07, 6.45) is 3.47. The summed E-state index contributed by atoms with van der Waals surface area (Å²) < 4.78 is 5.84. The molecule has 0 atom stereocenters. The lowest BCUT2D eigenvalue weighted by Gasteiger charge is -2.17.